The average Bonchev–Trinajstić information content (AvgIpc) is 2.60. The van der Waals surface area contributed by atoms with E-state index in [1.807, 2.05) is 13.8 Å². The van der Waals surface area contributed by atoms with Crippen LogP contribution < -0.4 is 5.32 Å². The minimum absolute atomic E-state index is 0.0309. The number of likely N-dealkylation sites (tertiary alicyclic amines) is 1. The van der Waals surface area contributed by atoms with Crippen LogP contribution in [0, 0.1) is 16.0 Å². The van der Waals surface area contributed by atoms with Gasteiger partial charge in [0.05, 0.1) is 17.6 Å². The summed E-state index contributed by atoms with van der Waals surface area (Å²) in [5.74, 6) is 0.373. The molecule has 132 valence electrons. The molecule has 7 heteroatoms. The third-order valence-corrected chi connectivity index (χ3v) is 4.28. The molecule has 0 spiro atoms. The molecule has 1 fully saturated rings. The number of piperidine rings is 1. The summed E-state index contributed by atoms with van der Waals surface area (Å²) in [6.07, 6.45) is 2.04. The first-order valence-corrected chi connectivity index (χ1v) is 8.38. The minimum atomic E-state index is -0.430. The lowest BCUT2D eigenvalue weighted by Crippen LogP contribution is -2.46. The smallest absolute Gasteiger partial charge is 0.317 e. The molecule has 7 nitrogen and oxygen atoms in total. The van der Waals surface area contributed by atoms with E-state index in [-0.39, 0.29) is 17.8 Å². The van der Waals surface area contributed by atoms with Crippen LogP contribution in [0.25, 0.3) is 0 Å². The van der Waals surface area contributed by atoms with Crippen LogP contribution in [0.15, 0.2) is 24.3 Å². The highest BCUT2D eigenvalue weighted by Crippen LogP contribution is 2.21. The molecule has 24 heavy (non-hydrogen) atoms. The lowest BCUT2D eigenvalue weighted by molar-refractivity contribution is -0.384. The van der Waals surface area contributed by atoms with Crippen molar-refractivity contribution in [3.05, 3.63) is 39.9 Å². The topological polar surface area (TPSA) is 84.7 Å². The Morgan fingerprint density at radius 3 is 3.04 bits per heavy atom. The number of urea groups is 1. The van der Waals surface area contributed by atoms with E-state index in [0.29, 0.717) is 25.7 Å². The molecule has 0 aromatic heterocycles. The van der Waals surface area contributed by atoms with Gasteiger partial charge in [-0.25, -0.2) is 4.79 Å². The fourth-order valence-electron chi connectivity index (χ4n) is 2.94. The lowest BCUT2D eigenvalue weighted by atomic mass is 9.99. The molecule has 2 amide bonds. The van der Waals surface area contributed by atoms with Crippen molar-refractivity contribution in [3.8, 4) is 0 Å². The maximum absolute atomic E-state index is 12.5. The number of rotatable bonds is 6. The standard InChI is InChI=1S/C17H25N3O4/c1-3-24-12-14-6-5-9-19(11-14)17(21)18-13(2)15-7-4-8-16(10-15)20(22)23/h4,7-8,10,13-14H,3,5-6,9,11-12H2,1-2H3,(H,18,21)/t13-,14-/m1/s1. The second kappa shape index (κ2) is 8.63. The number of carbonyl (C=O) groups is 1. The van der Waals surface area contributed by atoms with Gasteiger partial charge in [-0.3, -0.25) is 10.1 Å². The Labute approximate surface area is 142 Å². The van der Waals surface area contributed by atoms with E-state index in [4.69, 9.17) is 4.74 Å². The number of ether oxygens (including phenoxy) is 1. The highest BCUT2D eigenvalue weighted by Gasteiger charge is 2.25. The van der Waals surface area contributed by atoms with Gasteiger partial charge in [-0.15, -0.1) is 0 Å². The van der Waals surface area contributed by atoms with E-state index in [9.17, 15) is 14.9 Å². The Hall–Kier alpha value is -2.15. The summed E-state index contributed by atoms with van der Waals surface area (Å²) in [4.78, 5) is 24.7. The molecule has 0 radical (unpaired) electrons. The first kappa shape index (κ1) is 18.2. The van der Waals surface area contributed by atoms with Gasteiger partial charge in [-0.2, -0.15) is 0 Å². The highest BCUT2D eigenvalue weighted by molar-refractivity contribution is 5.74. The summed E-state index contributed by atoms with van der Waals surface area (Å²) in [6, 6.07) is 5.95. The molecule has 1 aromatic rings. The van der Waals surface area contributed by atoms with Crippen molar-refractivity contribution in [2.75, 3.05) is 26.3 Å². The van der Waals surface area contributed by atoms with Gasteiger partial charge in [0.25, 0.3) is 5.69 Å². The number of nitro groups is 1. The summed E-state index contributed by atoms with van der Waals surface area (Å²) in [5, 5.41) is 13.8. The van der Waals surface area contributed by atoms with Crippen molar-refractivity contribution in [1.82, 2.24) is 10.2 Å². The summed E-state index contributed by atoms with van der Waals surface area (Å²) in [6.45, 7) is 6.59. The molecule has 0 saturated carbocycles. The van der Waals surface area contributed by atoms with E-state index >= 15 is 0 Å². The minimum Gasteiger partial charge on any atom is -0.381 e. The molecule has 0 unspecified atom stereocenters. The van der Waals surface area contributed by atoms with Gasteiger partial charge >= 0.3 is 6.03 Å². The number of hydrogen-bond acceptors (Lipinski definition) is 4. The fraction of sp³-hybridized carbons (Fsp3) is 0.588. The zero-order valence-electron chi connectivity index (χ0n) is 14.2. The summed E-state index contributed by atoms with van der Waals surface area (Å²) in [7, 11) is 0. The van der Waals surface area contributed by atoms with E-state index in [1.54, 1.807) is 17.0 Å². The number of nitrogens with one attached hydrogen (secondary N) is 1. The molecule has 0 bridgehead atoms. The van der Waals surface area contributed by atoms with E-state index in [0.717, 1.165) is 24.9 Å². The Morgan fingerprint density at radius 1 is 1.54 bits per heavy atom. The van der Waals surface area contributed by atoms with Crippen LogP contribution in [0.5, 0.6) is 0 Å². The van der Waals surface area contributed by atoms with Crippen LogP contribution in [0.4, 0.5) is 10.5 Å². The van der Waals surface area contributed by atoms with Gasteiger partial charge in [0.1, 0.15) is 0 Å². The first-order valence-electron chi connectivity index (χ1n) is 8.38. The summed E-state index contributed by atoms with van der Waals surface area (Å²) < 4.78 is 5.46. The predicted octanol–water partition coefficient (Wildman–Crippen LogP) is 3.11. The second-order valence-corrected chi connectivity index (χ2v) is 6.14. The van der Waals surface area contributed by atoms with E-state index in [2.05, 4.69) is 5.32 Å². The molecule has 1 saturated heterocycles. The maximum atomic E-state index is 12.5. The van der Waals surface area contributed by atoms with E-state index in [1.165, 1.54) is 12.1 Å². The number of hydrogen-bond donors (Lipinski definition) is 1. The monoisotopic (exact) mass is 335 g/mol. The number of benzene rings is 1. The molecule has 1 N–H and O–H groups in total. The van der Waals surface area contributed by atoms with Crippen LogP contribution in [0.3, 0.4) is 0 Å². The van der Waals surface area contributed by atoms with Crippen molar-refractivity contribution in [2.45, 2.75) is 32.7 Å². The van der Waals surface area contributed by atoms with Crippen LogP contribution in [-0.2, 0) is 4.74 Å². The molecule has 1 aliphatic heterocycles. The highest BCUT2D eigenvalue weighted by atomic mass is 16.6. The van der Waals surface area contributed by atoms with Gasteiger partial charge in [0.2, 0.25) is 0 Å². The molecule has 0 aliphatic carbocycles. The van der Waals surface area contributed by atoms with Crippen molar-refractivity contribution >= 4 is 11.7 Å². The Kier molecular flexibility index (Phi) is 6.54. The van der Waals surface area contributed by atoms with Crippen molar-refractivity contribution in [1.29, 1.82) is 0 Å². The molecule has 1 aliphatic rings. The molecule has 1 heterocycles. The van der Waals surface area contributed by atoms with Crippen molar-refractivity contribution in [3.63, 3.8) is 0 Å². The molecular weight excluding hydrogens is 310 g/mol. The quantitative estimate of drug-likeness (QED) is 0.639. The largest absolute Gasteiger partial charge is 0.381 e. The van der Waals surface area contributed by atoms with Crippen molar-refractivity contribution in [2.24, 2.45) is 5.92 Å². The third-order valence-electron chi connectivity index (χ3n) is 4.28. The summed E-state index contributed by atoms with van der Waals surface area (Å²) in [5.41, 5.74) is 0.753. The zero-order chi connectivity index (χ0) is 17.5. The van der Waals surface area contributed by atoms with Gasteiger partial charge in [-0.1, -0.05) is 12.1 Å². The van der Waals surface area contributed by atoms with Gasteiger partial charge < -0.3 is 15.0 Å². The maximum Gasteiger partial charge on any atom is 0.317 e. The Morgan fingerprint density at radius 2 is 2.33 bits per heavy atom. The number of amides is 2. The first-order chi connectivity index (χ1) is 11.5. The normalized spacial score (nSPS) is 18.9. The second-order valence-electron chi connectivity index (χ2n) is 6.14. The van der Waals surface area contributed by atoms with Gasteiger partial charge in [0.15, 0.2) is 0 Å². The Bertz CT molecular complexity index is 579. The predicted molar refractivity (Wildman–Crippen MR) is 90.8 cm³/mol. The number of non-ortho nitro benzene ring substituents is 1. The van der Waals surface area contributed by atoms with Gasteiger partial charge in [-0.05, 0) is 32.3 Å². The molecule has 1 aromatic carbocycles. The Balaban J connectivity index is 1.93. The van der Waals surface area contributed by atoms with Gasteiger partial charge in [0, 0.05) is 37.7 Å². The number of carbonyl (C=O) groups excluding carboxylic acids is 1. The zero-order valence-corrected chi connectivity index (χ0v) is 14.2. The van der Waals surface area contributed by atoms with Crippen molar-refractivity contribution < 1.29 is 14.5 Å². The lowest BCUT2D eigenvalue weighted by Gasteiger charge is -2.33. The number of nitrogens with zero attached hydrogens (tertiary/aromatic N) is 2. The summed E-state index contributed by atoms with van der Waals surface area (Å²) >= 11 is 0. The fourth-order valence-corrected chi connectivity index (χ4v) is 2.94. The van der Waals surface area contributed by atoms with Crippen LogP contribution in [0.1, 0.15) is 38.3 Å². The average molecular weight is 335 g/mol. The molecule has 2 atom stereocenters. The third kappa shape index (κ3) is 4.92. The number of nitro benzene ring substituents is 1. The molecular formula is C17H25N3O4. The SMILES string of the molecule is CCOC[C@@H]1CCCN(C(=O)N[C@H](C)c2cccc([N+](=O)[O-])c2)C1. The van der Waals surface area contributed by atoms with Crippen LogP contribution in [0.2, 0.25) is 0 Å². The van der Waals surface area contributed by atoms with E-state index < -0.39 is 4.92 Å². The van der Waals surface area contributed by atoms with Crippen LogP contribution in [-0.4, -0.2) is 42.2 Å². The molecule has 2 rings (SSSR count). The van der Waals surface area contributed by atoms with Crippen LogP contribution >= 0.6 is 0 Å².